The van der Waals surface area contributed by atoms with Crippen LogP contribution in [0.1, 0.15) is 22.0 Å². The third-order valence-electron chi connectivity index (χ3n) is 3.52. The Morgan fingerprint density at radius 3 is 2.05 bits per heavy atom. The molecule has 0 aliphatic rings. The van der Waals surface area contributed by atoms with Crippen LogP contribution < -0.4 is 19.5 Å². The van der Waals surface area contributed by atoms with Crippen molar-refractivity contribution in [1.29, 1.82) is 0 Å². The first-order chi connectivity index (χ1) is 10.2. The monoisotopic (exact) mass is 307 g/mol. The van der Waals surface area contributed by atoms with Gasteiger partial charge in [0.25, 0.3) is 0 Å². The number of benzene rings is 1. The average molecular weight is 307 g/mol. The maximum Gasteiger partial charge on any atom is 0.203 e. The van der Waals surface area contributed by atoms with Crippen molar-refractivity contribution in [3.05, 3.63) is 39.6 Å². The first-order valence-electron chi connectivity index (χ1n) is 6.67. The van der Waals surface area contributed by atoms with Crippen molar-refractivity contribution in [3.8, 4) is 17.2 Å². The second kappa shape index (κ2) is 6.83. The van der Waals surface area contributed by atoms with E-state index in [1.54, 1.807) is 32.7 Å². The Morgan fingerprint density at radius 1 is 1.05 bits per heavy atom. The van der Waals surface area contributed by atoms with Crippen LogP contribution in [0.25, 0.3) is 0 Å². The Hall–Kier alpha value is -1.72. The molecule has 0 aliphatic carbocycles. The molecule has 4 nitrogen and oxygen atoms in total. The summed E-state index contributed by atoms with van der Waals surface area (Å²) in [4.78, 5) is 1.29. The van der Waals surface area contributed by atoms with Crippen LogP contribution in [0.5, 0.6) is 17.2 Å². The number of nitrogens with one attached hydrogen (secondary N) is 1. The molecular weight excluding hydrogens is 286 g/mol. The Morgan fingerprint density at radius 2 is 1.67 bits per heavy atom. The lowest BCUT2D eigenvalue weighted by Crippen LogP contribution is -2.18. The molecule has 1 atom stereocenters. The predicted molar refractivity (Wildman–Crippen MR) is 86.1 cm³/mol. The van der Waals surface area contributed by atoms with E-state index in [0.29, 0.717) is 17.2 Å². The van der Waals surface area contributed by atoms with Gasteiger partial charge in [-0.25, -0.2) is 0 Å². The number of methoxy groups -OCH3 is 3. The van der Waals surface area contributed by atoms with Gasteiger partial charge in [0.1, 0.15) is 0 Å². The van der Waals surface area contributed by atoms with Crippen LogP contribution >= 0.6 is 11.3 Å². The second-order valence-corrected chi connectivity index (χ2v) is 5.73. The Bertz CT molecular complexity index is 584. The molecule has 1 unspecified atom stereocenters. The molecule has 2 aromatic rings. The molecule has 1 heterocycles. The molecule has 5 heteroatoms. The van der Waals surface area contributed by atoms with Gasteiger partial charge in [-0.1, -0.05) is 0 Å². The number of aryl methyl sites for hydroxylation is 1. The van der Waals surface area contributed by atoms with E-state index < -0.39 is 0 Å². The minimum absolute atomic E-state index is 0.0879. The highest BCUT2D eigenvalue weighted by Gasteiger charge is 2.20. The molecule has 0 saturated heterocycles. The van der Waals surface area contributed by atoms with Gasteiger partial charge in [0.2, 0.25) is 5.75 Å². The van der Waals surface area contributed by atoms with Gasteiger partial charge >= 0.3 is 0 Å². The molecule has 0 radical (unpaired) electrons. The smallest absolute Gasteiger partial charge is 0.203 e. The van der Waals surface area contributed by atoms with E-state index in [9.17, 15) is 0 Å². The molecule has 2 rings (SSSR count). The summed E-state index contributed by atoms with van der Waals surface area (Å²) in [6.07, 6.45) is 0. The van der Waals surface area contributed by atoms with Gasteiger partial charge in [-0.3, -0.25) is 0 Å². The van der Waals surface area contributed by atoms with E-state index in [1.807, 2.05) is 19.2 Å². The fourth-order valence-electron chi connectivity index (χ4n) is 2.46. The fourth-order valence-corrected chi connectivity index (χ4v) is 3.20. The summed E-state index contributed by atoms with van der Waals surface area (Å²) in [6.45, 7) is 2.13. The summed E-state index contributed by atoms with van der Waals surface area (Å²) < 4.78 is 16.2. The largest absolute Gasteiger partial charge is 0.493 e. The van der Waals surface area contributed by atoms with Crippen molar-refractivity contribution in [2.24, 2.45) is 0 Å². The minimum atomic E-state index is 0.0879. The molecule has 0 bridgehead atoms. The van der Waals surface area contributed by atoms with Gasteiger partial charge in [0.05, 0.1) is 27.4 Å². The second-order valence-electron chi connectivity index (χ2n) is 4.61. The lowest BCUT2D eigenvalue weighted by atomic mass is 9.98. The van der Waals surface area contributed by atoms with Crippen molar-refractivity contribution in [2.75, 3.05) is 28.4 Å². The molecule has 0 amide bonds. The van der Waals surface area contributed by atoms with Crippen molar-refractivity contribution in [3.63, 3.8) is 0 Å². The molecule has 0 saturated carbocycles. The third kappa shape index (κ3) is 2.99. The molecule has 1 aromatic carbocycles. The molecule has 0 aliphatic heterocycles. The van der Waals surface area contributed by atoms with Crippen LogP contribution in [-0.4, -0.2) is 28.4 Å². The van der Waals surface area contributed by atoms with Crippen LogP contribution in [0.2, 0.25) is 0 Å². The number of hydrogen-bond donors (Lipinski definition) is 1. The number of hydrogen-bond acceptors (Lipinski definition) is 5. The van der Waals surface area contributed by atoms with Gasteiger partial charge in [-0.05, 0) is 48.7 Å². The number of rotatable bonds is 6. The summed E-state index contributed by atoms with van der Waals surface area (Å²) in [5.74, 6) is 1.95. The van der Waals surface area contributed by atoms with E-state index in [0.717, 1.165) is 5.56 Å². The predicted octanol–water partition coefficient (Wildman–Crippen LogP) is 3.39. The van der Waals surface area contributed by atoms with Gasteiger partial charge in [-0.15, -0.1) is 11.3 Å². The van der Waals surface area contributed by atoms with Gasteiger partial charge < -0.3 is 19.5 Å². The van der Waals surface area contributed by atoms with Gasteiger partial charge in [0.15, 0.2) is 11.5 Å². The first kappa shape index (κ1) is 15.7. The Kier molecular flexibility index (Phi) is 5.09. The van der Waals surface area contributed by atoms with Crippen LogP contribution in [0.3, 0.4) is 0 Å². The van der Waals surface area contributed by atoms with E-state index in [2.05, 4.69) is 23.7 Å². The minimum Gasteiger partial charge on any atom is -0.493 e. The molecule has 1 N–H and O–H groups in total. The van der Waals surface area contributed by atoms with Crippen molar-refractivity contribution < 1.29 is 14.2 Å². The summed E-state index contributed by atoms with van der Waals surface area (Å²) in [7, 11) is 6.82. The highest BCUT2D eigenvalue weighted by Crippen LogP contribution is 2.41. The van der Waals surface area contributed by atoms with E-state index >= 15 is 0 Å². The maximum atomic E-state index is 5.43. The van der Waals surface area contributed by atoms with E-state index in [-0.39, 0.29) is 6.04 Å². The zero-order valence-corrected chi connectivity index (χ0v) is 13.8. The van der Waals surface area contributed by atoms with E-state index in [1.165, 1.54) is 10.4 Å². The Labute approximate surface area is 129 Å². The van der Waals surface area contributed by atoms with Crippen LogP contribution in [0.15, 0.2) is 23.6 Å². The zero-order chi connectivity index (χ0) is 15.4. The van der Waals surface area contributed by atoms with Gasteiger partial charge in [0, 0.05) is 4.88 Å². The number of thiophene rings is 1. The van der Waals surface area contributed by atoms with Crippen LogP contribution in [0, 0.1) is 6.92 Å². The van der Waals surface area contributed by atoms with Crippen molar-refractivity contribution in [2.45, 2.75) is 13.0 Å². The Balaban J connectivity index is 2.54. The third-order valence-corrected chi connectivity index (χ3v) is 4.38. The van der Waals surface area contributed by atoms with Crippen molar-refractivity contribution in [1.82, 2.24) is 5.32 Å². The van der Waals surface area contributed by atoms with Crippen LogP contribution in [-0.2, 0) is 0 Å². The molecule has 21 heavy (non-hydrogen) atoms. The topological polar surface area (TPSA) is 39.7 Å². The standard InChI is InChI=1S/C16H21NO3S/c1-10-12(6-7-21-10)15(17-2)11-8-13(18-3)16(20-5)14(9-11)19-4/h6-9,15,17H,1-5H3. The summed E-state index contributed by atoms with van der Waals surface area (Å²) >= 11 is 1.74. The normalized spacial score (nSPS) is 12.0. The molecule has 0 fully saturated rings. The van der Waals surface area contributed by atoms with Crippen molar-refractivity contribution >= 4 is 11.3 Å². The average Bonchev–Trinajstić information content (AvgIpc) is 2.93. The van der Waals surface area contributed by atoms with Crippen LogP contribution in [0.4, 0.5) is 0 Å². The summed E-state index contributed by atoms with van der Waals surface area (Å²) in [6, 6.07) is 6.20. The number of ether oxygens (including phenoxy) is 3. The fraction of sp³-hybridized carbons (Fsp3) is 0.375. The summed E-state index contributed by atoms with van der Waals surface area (Å²) in [5.41, 5.74) is 2.34. The molecule has 1 aromatic heterocycles. The molecular formula is C16H21NO3S. The molecule has 0 spiro atoms. The lowest BCUT2D eigenvalue weighted by molar-refractivity contribution is 0.323. The zero-order valence-electron chi connectivity index (χ0n) is 13.0. The van der Waals surface area contributed by atoms with E-state index in [4.69, 9.17) is 14.2 Å². The lowest BCUT2D eigenvalue weighted by Gasteiger charge is -2.20. The molecule has 114 valence electrons. The quantitative estimate of drug-likeness (QED) is 0.888. The highest BCUT2D eigenvalue weighted by molar-refractivity contribution is 7.10. The first-order valence-corrected chi connectivity index (χ1v) is 7.55. The SMILES string of the molecule is CNC(c1cc(OC)c(OC)c(OC)c1)c1ccsc1C. The summed E-state index contributed by atoms with van der Waals surface area (Å²) in [5, 5.41) is 5.46. The van der Waals surface area contributed by atoms with Gasteiger partial charge in [-0.2, -0.15) is 0 Å². The highest BCUT2D eigenvalue weighted by atomic mass is 32.1. The maximum absolute atomic E-state index is 5.43.